The number of nitrogens with zero attached hydrogens (tertiary/aromatic N) is 1. The highest BCUT2D eigenvalue weighted by atomic mass is 19.1. The quantitative estimate of drug-likeness (QED) is 0.929. The lowest BCUT2D eigenvalue weighted by atomic mass is 10.1. The van der Waals surface area contributed by atoms with Gasteiger partial charge in [0.05, 0.1) is 12.3 Å². The van der Waals surface area contributed by atoms with Crippen LogP contribution in [0.5, 0.6) is 0 Å². The van der Waals surface area contributed by atoms with Gasteiger partial charge in [0.15, 0.2) is 0 Å². The Morgan fingerprint density at radius 2 is 1.96 bits per heavy atom. The van der Waals surface area contributed by atoms with Crippen molar-refractivity contribution in [2.75, 3.05) is 18.5 Å². The molecule has 0 spiro atoms. The van der Waals surface area contributed by atoms with Crippen molar-refractivity contribution < 1.29 is 18.7 Å². The monoisotopic (exact) mass is 342 g/mol. The van der Waals surface area contributed by atoms with Crippen LogP contribution >= 0.6 is 0 Å². The van der Waals surface area contributed by atoms with Gasteiger partial charge in [-0.1, -0.05) is 42.0 Å². The minimum Gasteiger partial charge on any atom is -0.369 e. The van der Waals surface area contributed by atoms with Crippen LogP contribution < -0.4 is 5.32 Å². The second kappa shape index (κ2) is 7.44. The maximum atomic E-state index is 13.7. The summed E-state index contributed by atoms with van der Waals surface area (Å²) in [6, 6.07) is 12.9. The Labute approximate surface area is 145 Å². The van der Waals surface area contributed by atoms with Crippen molar-refractivity contribution in [1.29, 1.82) is 0 Å². The van der Waals surface area contributed by atoms with Gasteiger partial charge in [0.25, 0.3) is 0 Å². The fourth-order valence-electron chi connectivity index (χ4n) is 2.69. The van der Waals surface area contributed by atoms with Gasteiger partial charge in [0, 0.05) is 6.54 Å². The first-order valence-corrected chi connectivity index (χ1v) is 8.03. The van der Waals surface area contributed by atoms with Crippen molar-refractivity contribution in [2.24, 2.45) is 0 Å². The van der Waals surface area contributed by atoms with E-state index in [9.17, 15) is 14.0 Å². The Balaban J connectivity index is 1.77. The molecule has 0 radical (unpaired) electrons. The number of rotatable bonds is 4. The van der Waals surface area contributed by atoms with Crippen LogP contribution in [-0.4, -0.2) is 36.0 Å². The molecule has 1 fully saturated rings. The number of hydrogen-bond acceptors (Lipinski definition) is 3. The van der Waals surface area contributed by atoms with E-state index in [0.29, 0.717) is 6.54 Å². The smallest absolute Gasteiger partial charge is 0.249 e. The van der Waals surface area contributed by atoms with Crippen LogP contribution in [0.15, 0.2) is 48.5 Å². The number of halogens is 1. The number of para-hydroxylation sites is 1. The Hall–Kier alpha value is -2.73. The van der Waals surface area contributed by atoms with Crippen LogP contribution in [0.3, 0.4) is 0 Å². The average Bonchev–Trinajstić information content (AvgIpc) is 2.60. The Morgan fingerprint density at radius 1 is 1.24 bits per heavy atom. The zero-order valence-corrected chi connectivity index (χ0v) is 13.9. The summed E-state index contributed by atoms with van der Waals surface area (Å²) in [6.45, 7) is 2.30. The summed E-state index contributed by atoms with van der Waals surface area (Å²) in [6.07, 6.45) is 0. The first-order chi connectivity index (χ1) is 12.0. The molecule has 1 heterocycles. The van der Waals surface area contributed by atoms with Crippen molar-refractivity contribution in [2.45, 2.75) is 19.5 Å². The Kier molecular flexibility index (Phi) is 5.09. The van der Waals surface area contributed by atoms with Crippen molar-refractivity contribution in [3.8, 4) is 0 Å². The largest absolute Gasteiger partial charge is 0.369 e. The number of carbonyl (C=O) groups is 2. The van der Waals surface area contributed by atoms with E-state index in [0.717, 1.165) is 11.1 Å². The zero-order valence-electron chi connectivity index (χ0n) is 13.9. The molecule has 3 rings (SSSR count). The third-order valence-corrected chi connectivity index (χ3v) is 4.11. The van der Waals surface area contributed by atoms with Gasteiger partial charge in [-0.05, 0) is 24.6 Å². The molecule has 0 aromatic heterocycles. The van der Waals surface area contributed by atoms with E-state index in [1.807, 2.05) is 31.2 Å². The van der Waals surface area contributed by atoms with Crippen LogP contribution in [0, 0.1) is 12.7 Å². The lowest BCUT2D eigenvalue weighted by Crippen LogP contribution is -2.54. The molecule has 130 valence electrons. The summed E-state index contributed by atoms with van der Waals surface area (Å²) < 4.78 is 19.0. The molecular formula is C19H19FN2O3. The highest BCUT2D eigenvalue weighted by Crippen LogP contribution is 2.18. The van der Waals surface area contributed by atoms with Crippen molar-refractivity contribution in [1.82, 2.24) is 4.90 Å². The maximum absolute atomic E-state index is 13.7. The van der Waals surface area contributed by atoms with Gasteiger partial charge in [0.2, 0.25) is 11.8 Å². The van der Waals surface area contributed by atoms with Crippen molar-refractivity contribution in [3.63, 3.8) is 0 Å². The minimum absolute atomic E-state index is 0.0602. The molecule has 0 unspecified atom stereocenters. The number of anilines is 1. The number of aryl methyl sites for hydroxylation is 1. The fraction of sp³-hybridized carbons (Fsp3) is 0.263. The van der Waals surface area contributed by atoms with E-state index < -0.39 is 17.8 Å². The number of nitrogens with one attached hydrogen (secondary N) is 1. The molecule has 2 aromatic rings. The molecule has 2 amide bonds. The molecule has 1 saturated heterocycles. The molecule has 0 aliphatic carbocycles. The molecule has 1 aliphatic heterocycles. The van der Waals surface area contributed by atoms with Crippen LogP contribution in [0.2, 0.25) is 0 Å². The molecule has 25 heavy (non-hydrogen) atoms. The minimum atomic E-state index is -0.804. The highest BCUT2D eigenvalue weighted by molar-refractivity contribution is 5.98. The van der Waals surface area contributed by atoms with Gasteiger partial charge in [-0.2, -0.15) is 0 Å². The predicted octanol–water partition coefficient (Wildman–Crippen LogP) is 2.50. The summed E-state index contributed by atoms with van der Waals surface area (Å²) in [5.41, 5.74) is 2.12. The molecule has 1 aliphatic rings. The fourth-order valence-corrected chi connectivity index (χ4v) is 2.69. The van der Waals surface area contributed by atoms with E-state index in [1.54, 1.807) is 12.1 Å². The second-order valence-electron chi connectivity index (χ2n) is 6.01. The van der Waals surface area contributed by atoms with E-state index in [2.05, 4.69) is 5.32 Å². The lowest BCUT2D eigenvalue weighted by Gasteiger charge is -2.34. The third kappa shape index (κ3) is 4.03. The molecule has 2 aromatic carbocycles. The SMILES string of the molecule is Cc1ccc(CN2C(=O)COC[C@H]2C(=O)Nc2ccccc2F)cc1. The summed E-state index contributed by atoms with van der Waals surface area (Å²) in [4.78, 5) is 26.3. The van der Waals surface area contributed by atoms with E-state index in [-0.39, 0.29) is 24.8 Å². The molecule has 0 bridgehead atoms. The standard InChI is InChI=1S/C19H19FN2O3/c1-13-6-8-14(9-7-13)10-22-17(11-25-12-18(22)23)19(24)21-16-5-3-2-4-15(16)20/h2-9,17H,10-12H2,1H3,(H,21,24)/t17-/m0/s1. The first-order valence-electron chi connectivity index (χ1n) is 8.03. The molecule has 0 saturated carbocycles. The molecular weight excluding hydrogens is 323 g/mol. The van der Waals surface area contributed by atoms with Crippen molar-refractivity contribution in [3.05, 3.63) is 65.5 Å². The normalized spacial score (nSPS) is 17.4. The van der Waals surface area contributed by atoms with Gasteiger partial charge < -0.3 is 15.0 Å². The Bertz CT molecular complexity index is 776. The summed E-state index contributed by atoms with van der Waals surface area (Å²) in [7, 11) is 0. The van der Waals surface area contributed by atoms with Crippen LogP contribution in [-0.2, 0) is 20.9 Å². The predicted molar refractivity (Wildman–Crippen MR) is 91.4 cm³/mol. The van der Waals surface area contributed by atoms with Gasteiger partial charge in [0.1, 0.15) is 18.5 Å². The second-order valence-corrected chi connectivity index (χ2v) is 6.01. The molecule has 1 N–H and O–H groups in total. The first kappa shape index (κ1) is 17.1. The van der Waals surface area contributed by atoms with Crippen LogP contribution in [0.25, 0.3) is 0 Å². The summed E-state index contributed by atoms with van der Waals surface area (Å²) in [5.74, 6) is -1.25. The van der Waals surface area contributed by atoms with E-state index >= 15 is 0 Å². The topological polar surface area (TPSA) is 58.6 Å². The number of benzene rings is 2. The zero-order chi connectivity index (χ0) is 17.8. The molecule has 5 nitrogen and oxygen atoms in total. The maximum Gasteiger partial charge on any atom is 0.249 e. The number of carbonyl (C=O) groups excluding carboxylic acids is 2. The van der Waals surface area contributed by atoms with Gasteiger partial charge >= 0.3 is 0 Å². The summed E-state index contributed by atoms with van der Waals surface area (Å²) >= 11 is 0. The van der Waals surface area contributed by atoms with Crippen LogP contribution in [0.1, 0.15) is 11.1 Å². The van der Waals surface area contributed by atoms with Gasteiger partial charge in [-0.25, -0.2) is 4.39 Å². The van der Waals surface area contributed by atoms with E-state index in [1.165, 1.54) is 17.0 Å². The highest BCUT2D eigenvalue weighted by Gasteiger charge is 2.34. The van der Waals surface area contributed by atoms with E-state index in [4.69, 9.17) is 4.74 Å². The van der Waals surface area contributed by atoms with Crippen molar-refractivity contribution >= 4 is 17.5 Å². The number of morpholine rings is 1. The number of amides is 2. The number of ether oxygens (including phenoxy) is 1. The summed E-state index contributed by atoms with van der Waals surface area (Å²) in [5, 5.41) is 2.54. The van der Waals surface area contributed by atoms with Gasteiger partial charge in [-0.3, -0.25) is 9.59 Å². The third-order valence-electron chi connectivity index (χ3n) is 4.11. The number of hydrogen-bond donors (Lipinski definition) is 1. The average molecular weight is 342 g/mol. The lowest BCUT2D eigenvalue weighted by molar-refractivity contribution is -0.154. The van der Waals surface area contributed by atoms with Crippen LogP contribution in [0.4, 0.5) is 10.1 Å². The molecule has 6 heteroatoms. The Morgan fingerprint density at radius 3 is 2.68 bits per heavy atom. The van der Waals surface area contributed by atoms with Gasteiger partial charge in [-0.15, -0.1) is 0 Å². The molecule has 1 atom stereocenters.